The summed E-state index contributed by atoms with van der Waals surface area (Å²) in [7, 11) is -2.67. The fourth-order valence-electron chi connectivity index (χ4n) is 1.26. The average Bonchev–Trinajstić information content (AvgIpc) is 2.84. The maximum atomic E-state index is 12.1. The van der Waals surface area contributed by atoms with E-state index in [0.29, 0.717) is 0 Å². The highest BCUT2D eigenvalue weighted by atomic mass is 32.2. The van der Waals surface area contributed by atoms with Gasteiger partial charge in [-0.2, -0.15) is 9.40 Å². The van der Waals surface area contributed by atoms with Gasteiger partial charge in [-0.15, -0.1) is 0 Å². The molecule has 108 valence electrons. The fraction of sp³-hybridized carbons (Fsp3) is 0.556. The Hall–Kier alpha value is -1.49. The van der Waals surface area contributed by atoms with Crippen molar-refractivity contribution in [2.24, 2.45) is 0 Å². The highest BCUT2D eigenvalue weighted by Crippen LogP contribution is 2.16. The number of nitrogens with zero attached hydrogens (tertiary/aromatic N) is 2. The molecule has 10 heteroatoms. The molecule has 0 aromatic carbocycles. The fourth-order valence-corrected chi connectivity index (χ4v) is 2.47. The van der Waals surface area contributed by atoms with Crippen LogP contribution in [0, 0.1) is 0 Å². The van der Waals surface area contributed by atoms with Crippen LogP contribution in [0.4, 0.5) is 0 Å². The zero-order valence-electron chi connectivity index (χ0n) is 10.2. The Labute approximate surface area is 109 Å². The number of carboxylic acids is 1. The molecule has 0 atom stereocenters. The number of ether oxygens (including phenoxy) is 1. The van der Waals surface area contributed by atoms with Crippen molar-refractivity contribution in [3.63, 3.8) is 0 Å². The number of aromatic nitrogens is 2. The van der Waals surface area contributed by atoms with Crippen molar-refractivity contribution in [1.82, 2.24) is 14.5 Å². The number of likely N-dealkylation sites (N-methyl/N-ethyl adjacent to an activating group) is 1. The lowest BCUT2D eigenvalue weighted by Crippen LogP contribution is -2.31. The minimum atomic E-state index is -3.97. The van der Waals surface area contributed by atoms with E-state index in [1.54, 1.807) is 0 Å². The number of nitrogens with one attached hydrogen (secondary N) is 1. The van der Waals surface area contributed by atoms with Crippen LogP contribution in [-0.4, -0.2) is 72.5 Å². The first-order valence-corrected chi connectivity index (χ1v) is 6.77. The van der Waals surface area contributed by atoms with Gasteiger partial charge in [0.1, 0.15) is 5.56 Å². The first-order valence-electron chi connectivity index (χ1n) is 5.33. The predicted molar refractivity (Wildman–Crippen MR) is 63.3 cm³/mol. The molecule has 3 N–H and O–H groups in total. The topological polar surface area (TPSA) is 133 Å². The third-order valence-electron chi connectivity index (χ3n) is 2.29. The maximum absolute atomic E-state index is 12.1. The SMILES string of the molecule is CN(CCOCCO)S(=O)(=O)c1[nH]ncc1C(=O)O. The van der Waals surface area contributed by atoms with E-state index in [1.807, 2.05) is 0 Å². The van der Waals surface area contributed by atoms with E-state index in [1.165, 1.54) is 7.05 Å². The number of aromatic carboxylic acids is 1. The first kappa shape index (κ1) is 15.6. The van der Waals surface area contributed by atoms with Crippen LogP contribution in [0.5, 0.6) is 0 Å². The lowest BCUT2D eigenvalue weighted by molar-refractivity contribution is 0.0692. The molecule has 0 unspecified atom stereocenters. The molecular weight excluding hydrogens is 278 g/mol. The number of H-pyrrole nitrogens is 1. The molecule has 0 saturated heterocycles. The second-order valence-corrected chi connectivity index (χ2v) is 5.56. The standard InChI is InChI=1S/C9H15N3O6S/c1-12(2-4-18-5-3-13)19(16,17)8-7(9(14)15)6-10-11-8/h6,13H,2-5H2,1H3,(H,10,11)(H,14,15). The molecule has 9 nitrogen and oxygen atoms in total. The van der Waals surface area contributed by atoms with Crippen molar-refractivity contribution in [2.45, 2.75) is 5.03 Å². The number of hydrogen-bond acceptors (Lipinski definition) is 6. The average molecular weight is 293 g/mol. The zero-order chi connectivity index (χ0) is 14.5. The van der Waals surface area contributed by atoms with Crippen molar-refractivity contribution < 1.29 is 28.2 Å². The van der Waals surface area contributed by atoms with Gasteiger partial charge in [0.05, 0.1) is 26.0 Å². The molecule has 0 aliphatic carbocycles. The summed E-state index contributed by atoms with van der Waals surface area (Å²) in [5.41, 5.74) is -0.414. The van der Waals surface area contributed by atoms with Gasteiger partial charge in [0.2, 0.25) is 0 Å². The van der Waals surface area contributed by atoms with E-state index in [9.17, 15) is 13.2 Å². The van der Waals surface area contributed by atoms with Crippen molar-refractivity contribution in [1.29, 1.82) is 0 Å². The second-order valence-electron chi connectivity index (χ2n) is 3.58. The van der Waals surface area contributed by atoms with Gasteiger partial charge in [-0.1, -0.05) is 0 Å². The highest BCUT2D eigenvalue weighted by Gasteiger charge is 2.28. The normalized spacial score (nSPS) is 11.9. The van der Waals surface area contributed by atoms with Crippen molar-refractivity contribution in [3.8, 4) is 0 Å². The predicted octanol–water partition coefficient (Wildman–Crippen LogP) is -1.26. The Bertz CT molecular complexity index is 526. The summed E-state index contributed by atoms with van der Waals surface area (Å²) in [5.74, 6) is -1.38. The van der Waals surface area contributed by atoms with Crippen LogP contribution in [0.2, 0.25) is 0 Å². The lowest BCUT2D eigenvalue weighted by atomic mass is 10.4. The second kappa shape index (κ2) is 6.61. The molecule has 0 aliphatic rings. The molecule has 0 saturated carbocycles. The number of aliphatic hydroxyl groups excluding tert-OH is 1. The Morgan fingerprint density at radius 1 is 1.53 bits per heavy atom. The number of rotatable bonds is 8. The van der Waals surface area contributed by atoms with E-state index >= 15 is 0 Å². The quantitative estimate of drug-likeness (QED) is 0.509. The highest BCUT2D eigenvalue weighted by molar-refractivity contribution is 7.89. The molecule has 1 heterocycles. The van der Waals surface area contributed by atoms with Crippen LogP contribution in [0.15, 0.2) is 11.2 Å². The lowest BCUT2D eigenvalue weighted by Gasteiger charge is -2.16. The van der Waals surface area contributed by atoms with Crippen LogP contribution in [0.25, 0.3) is 0 Å². The van der Waals surface area contributed by atoms with Gasteiger partial charge in [-0.05, 0) is 0 Å². The number of aromatic amines is 1. The molecule has 1 rings (SSSR count). The molecular formula is C9H15N3O6S. The van der Waals surface area contributed by atoms with Gasteiger partial charge < -0.3 is 14.9 Å². The summed E-state index contributed by atoms with van der Waals surface area (Å²) < 4.78 is 30.0. The van der Waals surface area contributed by atoms with E-state index in [0.717, 1.165) is 10.5 Å². The van der Waals surface area contributed by atoms with E-state index in [2.05, 4.69) is 10.2 Å². The van der Waals surface area contributed by atoms with Crippen molar-refractivity contribution in [3.05, 3.63) is 11.8 Å². The molecule has 0 radical (unpaired) electrons. The maximum Gasteiger partial charge on any atom is 0.340 e. The summed E-state index contributed by atoms with van der Waals surface area (Å²) in [4.78, 5) is 10.9. The summed E-state index contributed by atoms with van der Waals surface area (Å²) in [6.45, 7) is 0.0751. The van der Waals surface area contributed by atoms with Crippen molar-refractivity contribution in [2.75, 3.05) is 33.4 Å². The number of carbonyl (C=O) groups is 1. The van der Waals surface area contributed by atoms with Crippen LogP contribution < -0.4 is 0 Å². The summed E-state index contributed by atoms with van der Waals surface area (Å²) in [6.07, 6.45) is 0.936. The summed E-state index contributed by atoms with van der Waals surface area (Å²) >= 11 is 0. The zero-order valence-corrected chi connectivity index (χ0v) is 11.1. The molecule has 1 aromatic rings. The van der Waals surface area contributed by atoms with Crippen LogP contribution in [0.1, 0.15) is 10.4 Å². The van der Waals surface area contributed by atoms with Gasteiger partial charge in [-0.3, -0.25) is 5.10 Å². The number of carboxylic acid groups (broad SMARTS) is 1. The molecule has 19 heavy (non-hydrogen) atoms. The van der Waals surface area contributed by atoms with Gasteiger partial charge in [0.25, 0.3) is 10.0 Å². The molecule has 0 bridgehead atoms. The minimum Gasteiger partial charge on any atom is -0.478 e. The third-order valence-corrected chi connectivity index (χ3v) is 4.12. The summed E-state index contributed by atoms with van der Waals surface area (Å²) in [5, 5.41) is 22.5. The van der Waals surface area contributed by atoms with Crippen molar-refractivity contribution >= 4 is 16.0 Å². The smallest absolute Gasteiger partial charge is 0.340 e. The monoisotopic (exact) mass is 293 g/mol. The molecule has 0 amide bonds. The van der Waals surface area contributed by atoms with Gasteiger partial charge >= 0.3 is 5.97 Å². The number of aliphatic hydroxyl groups is 1. The Kier molecular flexibility index (Phi) is 5.42. The Morgan fingerprint density at radius 2 is 2.21 bits per heavy atom. The molecule has 0 spiro atoms. The molecule has 0 aliphatic heterocycles. The van der Waals surface area contributed by atoms with Crippen LogP contribution >= 0.6 is 0 Å². The minimum absolute atomic E-state index is 0.0282. The van der Waals surface area contributed by atoms with E-state index in [-0.39, 0.29) is 26.4 Å². The largest absolute Gasteiger partial charge is 0.478 e. The van der Waals surface area contributed by atoms with Gasteiger partial charge in [0.15, 0.2) is 5.03 Å². The Morgan fingerprint density at radius 3 is 2.79 bits per heavy atom. The number of sulfonamides is 1. The number of hydrogen-bond donors (Lipinski definition) is 3. The van der Waals surface area contributed by atoms with Crippen LogP contribution in [0.3, 0.4) is 0 Å². The first-order chi connectivity index (χ1) is 8.91. The van der Waals surface area contributed by atoms with E-state index < -0.39 is 26.6 Å². The van der Waals surface area contributed by atoms with Crippen LogP contribution in [-0.2, 0) is 14.8 Å². The molecule has 0 fully saturated rings. The molecule has 1 aromatic heterocycles. The van der Waals surface area contributed by atoms with Gasteiger partial charge in [-0.25, -0.2) is 13.2 Å². The van der Waals surface area contributed by atoms with E-state index in [4.69, 9.17) is 14.9 Å². The van der Waals surface area contributed by atoms with Gasteiger partial charge in [0, 0.05) is 13.6 Å². The summed E-state index contributed by atoms with van der Waals surface area (Å²) in [6, 6.07) is 0. The Balaban J connectivity index is 2.79. The third kappa shape index (κ3) is 3.73.